The van der Waals surface area contributed by atoms with Crippen molar-refractivity contribution in [2.24, 2.45) is 0 Å². The number of ether oxygens (including phenoxy) is 1. The van der Waals surface area contributed by atoms with Gasteiger partial charge in [-0.1, -0.05) is 12.1 Å². The van der Waals surface area contributed by atoms with Gasteiger partial charge in [-0.05, 0) is 31.0 Å². The van der Waals surface area contributed by atoms with E-state index in [0.717, 1.165) is 18.7 Å². The van der Waals surface area contributed by atoms with E-state index in [2.05, 4.69) is 49.6 Å². The van der Waals surface area contributed by atoms with Crippen molar-refractivity contribution in [2.45, 2.75) is 19.4 Å². The zero-order valence-corrected chi connectivity index (χ0v) is 13.4. The van der Waals surface area contributed by atoms with E-state index in [1.54, 1.807) is 6.20 Å². The number of rotatable bonds is 4. The predicted molar refractivity (Wildman–Crippen MR) is 92.4 cm³/mol. The minimum Gasteiger partial charge on any atom is -0.379 e. The van der Waals surface area contributed by atoms with Crippen LogP contribution in [0.4, 0.5) is 17.5 Å². The molecule has 24 heavy (non-hydrogen) atoms. The summed E-state index contributed by atoms with van der Waals surface area (Å²) >= 11 is 0. The molecule has 122 valence electrons. The third-order valence-electron chi connectivity index (χ3n) is 3.92. The van der Waals surface area contributed by atoms with Crippen molar-refractivity contribution in [3.8, 4) is 0 Å². The molecule has 1 aliphatic rings. The quantitative estimate of drug-likeness (QED) is 0.764. The lowest BCUT2D eigenvalue weighted by Gasteiger charge is -2.12. The van der Waals surface area contributed by atoms with E-state index < -0.39 is 0 Å². The maximum absolute atomic E-state index is 5.38. The molecule has 1 unspecified atom stereocenters. The number of hydrogen-bond acceptors (Lipinski definition) is 7. The molecule has 1 aliphatic heterocycles. The van der Waals surface area contributed by atoms with Crippen LogP contribution in [0.25, 0.3) is 11.0 Å². The Morgan fingerprint density at radius 3 is 3.00 bits per heavy atom. The van der Waals surface area contributed by atoms with Gasteiger partial charge in [-0.15, -0.1) is 0 Å². The Kier molecular flexibility index (Phi) is 3.92. The lowest BCUT2D eigenvalue weighted by molar-refractivity contribution is 0.195. The highest BCUT2D eigenvalue weighted by Gasteiger charge is 2.17. The molecule has 0 saturated carbocycles. The molecule has 3 aromatic rings. The third-order valence-corrected chi connectivity index (χ3v) is 3.92. The van der Waals surface area contributed by atoms with Crippen molar-refractivity contribution >= 4 is 28.5 Å². The molecule has 2 N–H and O–H groups in total. The van der Waals surface area contributed by atoms with Crippen molar-refractivity contribution < 1.29 is 4.74 Å². The third kappa shape index (κ3) is 3.11. The Hall–Kier alpha value is -2.80. The molecule has 0 bridgehead atoms. The Balaban J connectivity index is 1.66. The first-order valence-electron chi connectivity index (χ1n) is 7.94. The number of nitrogens with one attached hydrogen (secondary N) is 2. The molecule has 0 amide bonds. The highest BCUT2D eigenvalue weighted by atomic mass is 16.5. The van der Waals surface area contributed by atoms with Crippen LogP contribution < -0.4 is 10.6 Å². The highest BCUT2D eigenvalue weighted by molar-refractivity contribution is 5.87. The summed E-state index contributed by atoms with van der Waals surface area (Å²) in [5, 5.41) is 6.62. The van der Waals surface area contributed by atoms with Crippen LogP contribution in [0, 0.1) is 6.92 Å². The molecule has 0 aliphatic carbocycles. The largest absolute Gasteiger partial charge is 0.379 e. The van der Waals surface area contributed by atoms with Crippen LogP contribution in [0.15, 0.2) is 36.8 Å². The molecular formula is C17H18N6O. The Labute approximate surface area is 139 Å². The van der Waals surface area contributed by atoms with Gasteiger partial charge in [-0.3, -0.25) is 0 Å². The normalized spacial score (nSPS) is 17.1. The van der Waals surface area contributed by atoms with Gasteiger partial charge in [0.1, 0.15) is 17.4 Å². The topological polar surface area (TPSA) is 84.9 Å². The summed E-state index contributed by atoms with van der Waals surface area (Å²) in [5.41, 5.74) is 3.53. The molecule has 3 heterocycles. The summed E-state index contributed by atoms with van der Waals surface area (Å²) in [6.45, 7) is 3.51. The average molecular weight is 322 g/mol. The van der Waals surface area contributed by atoms with Crippen LogP contribution in [-0.4, -0.2) is 39.2 Å². The van der Waals surface area contributed by atoms with E-state index in [0.29, 0.717) is 29.4 Å². The smallest absolute Gasteiger partial charge is 0.223 e. The van der Waals surface area contributed by atoms with E-state index in [1.165, 1.54) is 11.9 Å². The molecule has 7 nitrogen and oxygen atoms in total. The van der Waals surface area contributed by atoms with Crippen molar-refractivity contribution in [2.75, 3.05) is 23.8 Å². The van der Waals surface area contributed by atoms with E-state index >= 15 is 0 Å². The standard InChI is InChI=1S/C17H18N6O/c1-11-3-2-4-12(7-11)21-16-15-14(19-10-20-16)8-18-17(23-15)22-13-5-6-24-9-13/h2-4,7-8,10,13H,5-6,9H2,1H3,(H,18,22,23)(H,19,20,21). The monoisotopic (exact) mass is 322 g/mol. The fourth-order valence-corrected chi connectivity index (χ4v) is 2.71. The van der Waals surface area contributed by atoms with Gasteiger partial charge in [-0.2, -0.15) is 0 Å². The first-order chi connectivity index (χ1) is 11.8. The van der Waals surface area contributed by atoms with E-state index in [9.17, 15) is 0 Å². The van der Waals surface area contributed by atoms with Gasteiger partial charge in [0.25, 0.3) is 0 Å². The van der Waals surface area contributed by atoms with Crippen molar-refractivity contribution in [3.63, 3.8) is 0 Å². The molecule has 4 rings (SSSR count). The lowest BCUT2D eigenvalue weighted by Crippen LogP contribution is -2.20. The van der Waals surface area contributed by atoms with Crippen LogP contribution in [0.3, 0.4) is 0 Å². The van der Waals surface area contributed by atoms with Crippen molar-refractivity contribution in [1.29, 1.82) is 0 Å². The zero-order valence-electron chi connectivity index (χ0n) is 13.4. The number of fused-ring (bicyclic) bond motifs is 1. The first-order valence-corrected chi connectivity index (χ1v) is 7.94. The summed E-state index contributed by atoms with van der Waals surface area (Å²) in [4.78, 5) is 17.5. The number of anilines is 3. The minimum absolute atomic E-state index is 0.250. The van der Waals surface area contributed by atoms with Gasteiger partial charge < -0.3 is 15.4 Å². The fraction of sp³-hybridized carbons (Fsp3) is 0.294. The first kappa shape index (κ1) is 14.8. The maximum atomic E-state index is 5.38. The molecule has 2 aromatic heterocycles. The second kappa shape index (κ2) is 6.37. The Bertz CT molecular complexity index is 863. The van der Waals surface area contributed by atoms with Crippen LogP contribution in [0.5, 0.6) is 0 Å². The summed E-state index contributed by atoms with van der Waals surface area (Å²) in [6, 6.07) is 8.36. The number of benzene rings is 1. The Morgan fingerprint density at radius 2 is 2.17 bits per heavy atom. The molecule has 0 spiro atoms. The predicted octanol–water partition coefficient (Wildman–Crippen LogP) is 2.67. The molecule has 1 aromatic carbocycles. The summed E-state index contributed by atoms with van der Waals surface area (Å²) in [6.07, 6.45) is 4.19. The molecule has 1 atom stereocenters. The lowest BCUT2D eigenvalue weighted by atomic mass is 10.2. The number of nitrogens with zero attached hydrogens (tertiary/aromatic N) is 4. The van der Waals surface area contributed by atoms with Gasteiger partial charge >= 0.3 is 0 Å². The van der Waals surface area contributed by atoms with Gasteiger partial charge in [0.05, 0.1) is 18.8 Å². The van der Waals surface area contributed by atoms with Crippen LogP contribution in [0.1, 0.15) is 12.0 Å². The van der Waals surface area contributed by atoms with Crippen LogP contribution in [-0.2, 0) is 4.74 Å². The summed E-state index contributed by atoms with van der Waals surface area (Å²) in [7, 11) is 0. The van der Waals surface area contributed by atoms with Crippen LogP contribution >= 0.6 is 0 Å². The summed E-state index contributed by atoms with van der Waals surface area (Å²) in [5.74, 6) is 1.24. The van der Waals surface area contributed by atoms with Gasteiger partial charge in [0.15, 0.2) is 5.82 Å². The minimum atomic E-state index is 0.250. The fourth-order valence-electron chi connectivity index (χ4n) is 2.71. The van der Waals surface area contributed by atoms with Crippen LogP contribution in [0.2, 0.25) is 0 Å². The highest BCUT2D eigenvalue weighted by Crippen LogP contribution is 2.22. The van der Waals surface area contributed by atoms with E-state index in [4.69, 9.17) is 4.74 Å². The Morgan fingerprint density at radius 1 is 1.21 bits per heavy atom. The zero-order chi connectivity index (χ0) is 16.4. The number of aromatic nitrogens is 4. The van der Waals surface area contributed by atoms with Crippen molar-refractivity contribution in [1.82, 2.24) is 19.9 Å². The van der Waals surface area contributed by atoms with Gasteiger partial charge in [-0.25, -0.2) is 19.9 Å². The van der Waals surface area contributed by atoms with Gasteiger partial charge in [0.2, 0.25) is 5.95 Å². The maximum Gasteiger partial charge on any atom is 0.223 e. The SMILES string of the molecule is Cc1cccc(Nc2ncnc3cnc(NC4CCOC4)nc23)c1. The molecular weight excluding hydrogens is 304 g/mol. The second-order valence-electron chi connectivity index (χ2n) is 5.85. The number of aryl methyl sites for hydroxylation is 1. The van der Waals surface area contributed by atoms with E-state index in [1.807, 2.05) is 12.1 Å². The van der Waals surface area contributed by atoms with E-state index in [-0.39, 0.29) is 6.04 Å². The molecule has 0 radical (unpaired) electrons. The number of hydrogen-bond donors (Lipinski definition) is 2. The van der Waals surface area contributed by atoms with Gasteiger partial charge in [0, 0.05) is 12.3 Å². The average Bonchev–Trinajstić information content (AvgIpc) is 3.08. The van der Waals surface area contributed by atoms with Crippen molar-refractivity contribution in [3.05, 3.63) is 42.4 Å². The summed E-state index contributed by atoms with van der Waals surface area (Å²) < 4.78 is 5.38. The second-order valence-corrected chi connectivity index (χ2v) is 5.85. The molecule has 7 heteroatoms. The molecule has 1 saturated heterocycles. The molecule has 1 fully saturated rings.